The number of hydrogen-bond donors (Lipinski definition) is 3. The predicted molar refractivity (Wildman–Crippen MR) is 105 cm³/mol. The summed E-state index contributed by atoms with van der Waals surface area (Å²) >= 11 is 5.94. The second-order valence-electron chi connectivity index (χ2n) is 5.62. The summed E-state index contributed by atoms with van der Waals surface area (Å²) in [4.78, 5) is 57.5. The number of nitrogens with zero attached hydrogens (tertiary/aromatic N) is 1. The summed E-state index contributed by atoms with van der Waals surface area (Å²) in [6.45, 7) is -0.720. The van der Waals surface area contributed by atoms with Crippen LogP contribution in [0.5, 0.6) is 0 Å². The molecule has 0 aliphatic rings. The highest BCUT2D eigenvalue weighted by Gasteiger charge is 2.19. The molecule has 0 atom stereocenters. The Morgan fingerprint density at radius 3 is 2.43 bits per heavy atom. The zero-order valence-electron chi connectivity index (χ0n) is 15.4. The van der Waals surface area contributed by atoms with E-state index in [9.17, 15) is 29.3 Å². The van der Waals surface area contributed by atoms with Gasteiger partial charge in [-0.2, -0.15) is 0 Å². The van der Waals surface area contributed by atoms with E-state index in [-0.39, 0.29) is 27.5 Å². The van der Waals surface area contributed by atoms with Crippen molar-refractivity contribution < 1.29 is 28.8 Å². The molecular formula is C18H15ClN4O7. The van der Waals surface area contributed by atoms with Crippen LogP contribution in [0.25, 0.3) is 0 Å². The molecule has 2 rings (SSSR count). The molecule has 3 N–H and O–H groups in total. The van der Waals surface area contributed by atoms with Gasteiger partial charge < -0.3 is 15.4 Å². The maximum Gasteiger partial charge on any atom is 0.340 e. The molecule has 12 heteroatoms. The van der Waals surface area contributed by atoms with Crippen molar-refractivity contribution in [3.63, 3.8) is 0 Å². The number of carbonyl (C=O) groups is 4. The molecule has 0 saturated carbocycles. The molecule has 0 aromatic heterocycles. The number of urea groups is 1. The van der Waals surface area contributed by atoms with Gasteiger partial charge >= 0.3 is 12.0 Å². The first-order chi connectivity index (χ1) is 14.2. The molecule has 0 fully saturated rings. The molecule has 0 heterocycles. The maximum atomic E-state index is 12.5. The van der Waals surface area contributed by atoms with Crippen LogP contribution in [0.1, 0.15) is 20.7 Å². The van der Waals surface area contributed by atoms with Crippen LogP contribution in [0, 0.1) is 10.1 Å². The number of hydrogen-bond acceptors (Lipinski definition) is 7. The van der Waals surface area contributed by atoms with Crippen LogP contribution in [-0.2, 0) is 9.53 Å². The monoisotopic (exact) mass is 434 g/mol. The van der Waals surface area contributed by atoms with E-state index in [1.807, 2.05) is 5.32 Å². The Kier molecular flexibility index (Phi) is 7.42. The Morgan fingerprint density at radius 1 is 1.10 bits per heavy atom. The largest absolute Gasteiger partial charge is 0.452 e. The minimum atomic E-state index is -0.923. The van der Waals surface area contributed by atoms with Gasteiger partial charge in [-0.1, -0.05) is 23.7 Å². The highest BCUT2D eigenvalue weighted by atomic mass is 35.5. The van der Waals surface area contributed by atoms with E-state index >= 15 is 0 Å². The number of ether oxygens (including phenoxy) is 1. The number of rotatable bonds is 6. The van der Waals surface area contributed by atoms with Crippen molar-refractivity contribution >= 4 is 46.8 Å². The summed E-state index contributed by atoms with van der Waals surface area (Å²) in [7, 11) is 1.31. The Bertz CT molecular complexity index is 1030. The molecule has 2 aromatic carbocycles. The topological polar surface area (TPSA) is 157 Å². The lowest BCUT2D eigenvalue weighted by molar-refractivity contribution is -0.384. The molecule has 30 heavy (non-hydrogen) atoms. The van der Waals surface area contributed by atoms with Crippen molar-refractivity contribution in [2.45, 2.75) is 0 Å². The van der Waals surface area contributed by atoms with Gasteiger partial charge in [0.15, 0.2) is 6.61 Å². The Labute approximate surface area is 174 Å². The fourth-order valence-electron chi connectivity index (χ4n) is 2.20. The SMILES string of the molecule is CNC(=O)NC(=O)COC(=O)c1ccccc1NC(=O)c1ccc([N+](=O)[O-])cc1Cl. The van der Waals surface area contributed by atoms with Crippen molar-refractivity contribution in [3.8, 4) is 0 Å². The Morgan fingerprint density at radius 2 is 1.80 bits per heavy atom. The summed E-state index contributed by atoms with van der Waals surface area (Å²) in [5.41, 5.74) is -0.323. The van der Waals surface area contributed by atoms with Crippen molar-refractivity contribution in [2.24, 2.45) is 0 Å². The van der Waals surface area contributed by atoms with E-state index in [1.54, 1.807) is 6.07 Å². The molecule has 0 aliphatic carbocycles. The molecule has 2 aromatic rings. The quantitative estimate of drug-likeness (QED) is 0.357. The first-order valence-electron chi connectivity index (χ1n) is 8.26. The van der Waals surface area contributed by atoms with E-state index < -0.39 is 35.3 Å². The fourth-order valence-corrected chi connectivity index (χ4v) is 2.46. The van der Waals surface area contributed by atoms with Gasteiger partial charge in [0.1, 0.15) is 0 Å². The third-order valence-corrected chi connectivity index (χ3v) is 3.93. The number of carbonyl (C=O) groups excluding carboxylic acids is 4. The molecule has 4 amide bonds. The second kappa shape index (κ2) is 9.98. The van der Waals surface area contributed by atoms with Gasteiger partial charge in [-0.3, -0.25) is 25.0 Å². The molecule has 0 unspecified atom stereocenters. The Balaban J connectivity index is 2.12. The van der Waals surface area contributed by atoms with E-state index in [0.717, 1.165) is 12.1 Å². The molecule has 0 saturated heterocycles. The number of para-hydroxylation sites is 1. The first-order valence-corrected chi connectivity index (χ1v) is 8.63. The summed E-state index contributed by atoms with van der Waals surface area (Å²) in [5, 5.41) is 17.2. The number of esters is 1. The lowest BCUT2D eigenvalue weighted by Crippen LogP contribution is -2.39. The molecule has 156 valence electrons. The average Bonchev–Trinajstić information content (AvgIpc) is 2.71. The number of benzene rings is 2. The number of imide groups is 1. The van der Waals surface area contributed by atoms with Gasteiger partial charge in [-0.15, -0.1) is 0 Å². The number of amides is 4. The zero-order valence-corrected chi connectivity index (χ0v) is 16.2. The number of nitro groups is 1. The van der Waals surface area contributed by atoms with Gasteiger partial charge in [-0.25, -0.2) is 9.59 Å². The molecule has 0 bridgehead atoms. The summed E-state index contributed by atoms with van der Waals surface area (Å²) in [6.07, 6.45) is 0. The second-order valence-corrected chi connectivity index (χ2v) is 6.03. The number of halogens is 1. The van der Waals surface area contributed by atoms with Crippen LogP contribution in [0.15, 0.2) is 42.5 Å². The van der Waals surface area contributed by atoms with Crippen LogP contribution < -0.4 is 16.0 Å². The summed E-state index contributed by atoms with van der Waals surface area (Å²) in [6, 6.07) is 8.39. The van der Waals surface area contributed by atoms with E-state index in [2.05, 4.69) is 10.6 Å². The minimum Gasteiger partial charge on any atom is -0.452 e. The van der Waals surface area contributed by atoms with Crippen molar-refractivity contribution in [1.29, 1.82) is 0 Å². The van der Waals surface area contributed by atoms with Crippen molar-refractivity contribution in [3.05, 3.63) is 68.7 Å². The maximum absolute atomic E-state index is 12.5. The lowest BCUT2D eigenvalue weighted by Gasteiger charge is -2.11. The van der Waals surface area contributed by atoms with Crippen LogP contribution >= 0.6 is 11.6 Å². The summed E-state index contributed by atoms with van der Waals surface area (Å²) in [5.74, 6) is -2.48. The minimum absolute atomic E-state index is 0.0459. The highest BCUT2D eigenvalue weighted by Crippen LogP contribution is 2.24. The Hall–Kier alpha value is -3.99. The molecule has 0 spiro atoms. The van der Waals surface area contributed by atoms with Crippen LogP contribution in [0.3, 0.4) is 0 Å². The van der Waals surface area contributed by atoms with Crippen molar-refractivity contribution in [2.75, 3.05) is 19.0 Å². The third-order valence-electron chi connectivity index (χ3n) is 3.62. The van der Waals surface area contributed by atoms with E-state index in [0.29, 0.717) is 0 Å². The number of non-ortho nitro benzene ring substituents is 1. The van der Waals surface area contributed by atoms with Crippen LogP contribution in [-0.4, -0.2) is 42.4 Å². The van der Waals surface area contributed by atoms with Crippen LogP contribution in [0.4, 0.5) is 16.2 Å². The van der Waals surface area contributed by atoms with Gasteiger partial charge in [0.2, 0.25) is 0 Å². The number of nitro benzene ring substituents is 1. The fraction of sp³-hybridized carbons (Fsp3) is 0.111. The lowest BCUT2D eigenvalue weighted by atomic mass is 10.1. The molecule has 11 nitrogen and oxygen atoms in total. The molecule has 0 aliphatic heterocycles. The number of nitrogens with one attached hydrogen (secondary N) is 3. The normalized spacial score (nSPS) is 9.93. The highest BCUT2D eigenvalue weighted by molar-refractivity contribution is 6.34. The van der Waals surface area contributed by atoms with E-state index in [1.165, 1.54) is 31.3 Å². The average molecular weight is 435 g/mol. The predicted octanol–water partition coefficient (Wildman–Crippen LogP) is 2.11. The van der Waals surface area contributed by atoms with Gasteiger partial charge in [-0.05, 0) is 18.2 Å². The smallest absolute Gasteiger partial charge is 0.340 e. The van der Waals surface area contributed by atoms with E-state index in [4.69, 9.17) is 16.3 Å². The zero-order chi connectivity index (χ0) is 22.3. The molecule has 0 radical (unpaired) electrons. The van der Waals surface area contributed by atoms with Gasteiger partial charge in [0.25, 0.3) is 17.5 Å². The van der Waals surface area contributed by atoms with Crippen molar-refractivity contribution in [1.82, 2.24) is 10.6 Å². The van der Waals surface area contributed by atoms with Gasteiger partial charge in [0.05, 0.1) is 26.8 Å². The standard InChI is InChI=1S/C18H15ClN4O7/c1-20-18(27)22-15(24)9-30-17(26)12-4-2-3-5-14(12)21-16(25)11-7-6-10(23(28)29)8-13(11)19/h2-8H,9H2,1H3,(H,21,25)(H2,20,22,24,27). The van der Waals surface area contributed by atoms with Gasteiger partial charge in [0, 0.05) is 19.2 Å². The molecular weight excluding hydrogens is 420 g/mol. The van der Waals surface area contributed by atoms with Crippen LogP contribution in [0.2, 0.25) is 5.02 Å². The number of anilines is 1. The third kappa shape index (κ3) is 5.75. The first kappa shape index (κ1) is 22.3. The summed E-state index contributed by atoms with van der Waals surface area (Å²) < 4.78 is 4.85.